The third-order valence-electron chi connectivity index (χ3n) is 2.30. The predicted molar refractivity (Wildman–Crippen MR) is 61.9 cm³/mol. The van der Waals surface area contributed by atoms with Crippen LogP contribution in [0, 0.1) is 0 Å². The van der Waals surface area contributed by atoms with Crippen LogP contribution in [0.25, 0.3) is 0 Å². The van der Waals surface area contributed by atoms with Crippen LogP contribution in [0.4, 0.5) is 5.69 Å². The average molecular weight is 244 g/mol. The van der Waals surface area contributed by atoms with Crippen LogP contribution in [0.1, 0.15) is 20.8 Å². The maximum atomic E-state index is 11.8. The summed E-state index contributed by atoms with van der Waals surface area (Å²) in [6.07, 6.45) is 1.65. The summed E-state index contributed by atoms with van der Waals surface area (Å²) in [7, 11) is 1.70. The molecule has 1 aromatic carbocycles. The number of aryl methyl sites for hydroxylation is 1. The number of carboxylic acids is 1. The highest BCUT2D eigenvalue weighted by atomic mass is 16.4. The molecular weight excluding hydrogens is 234 g/mol. The number of hydrogen-bond donors (Lipinski definition) is 1. The zero-order valence-corrected chi connectivity index (χ0v) is 9.58. The van der Waals surface area contributed by atoms with Gasteiger partial charge in [0.05, 0.1) is 5.97 Å². The Hall–Kier alpha value is -2.63. The molecule has 1 N–H and O–H groups in total. The molecule has 6 heteroatoms. The SMILES string of the molecule is Cn1ccc(C(=O)Nc2cccc(C(=O)[O-])c2)n1. The molecular formula is C12H10N3O3-. The molecule has 0 aliphatic carbocycles. The molecule has 2 aromatic rings. The number of nitrogens with zero attached hydrogens (tertiary/aromatic N) is 2. The molecule has 1 aromatic heterocycles. The fourth-order valence-corrected chi connectivity index (χ4v) is 1.46. The number of nitrogens with one attached hydrogen (secondary N) is 1. The third kappa shape index (κ3) is 2.54. The monoisotopic (exact) mass is 244 g/mol. The number of hydrogen-bond acceptors (Lipinski definition) is 4. The Morgan fingerprint density at radius 3 is 2.72 bits per heavy atom. The molecule has 2 rings (SSSR count). The molecule has 0 aliphatic heterocycles. The van der Waals surface area contributed by atoms with E-state index in [-0.39, 0.29) is 11.3 Å². The summed E-state index contributed by atoms with van der Waals surface area (Å²) in [5.41, 5.74) is 0.650. The van der Waals surface area contributed by atoms with E-state index in [2.05, 4.69) is 10.4 Å². The maximum absolute atomic E-state index is 11.8. The van der Waals surface area contributed by atoms with Gasteiger partial charge in [-0.25, -0.2) is 0 Å². The normalized spacial score (nSPS) is 10.1. The zero-order valence-electron chi connectivity index (χ0n) is 9.58. The number of benzene rings is 1. The second kappa shape index (κ2) is 4.70. The highest BCUT2D eigenvalue weighted by Gasteiger charge is 2.09. The Kier molecular flexibility index (Phi) is 3.09. The molecule has 0 aliphatic rings. The van der Waals surface area contributed by atoms with E-state index in [1.165, 1.54) is 22.9 Å². The Bertz CT molecular complexity index is 604. The van der Waals surface area contributed by atoms with E-state index in [9.17, 15) is 14.7 Å². The van der Waals surface area contributed by atoms with Gasteiger partial charge >= 0.3 is 0 Å². The second-order valence-electron chi connectivity index (χ2n) is 3.70. The first kappa shape index (κ1) is 11.8. The van der Waals surface area contributed by atoms with Crippen LogP contribution in [0.5, 0.6) is 0 Å². The van der Waals surface area contributed by atoms with E-state index in [0.29, 0.717) is 5.69 Å². The summed E-state index contributed by atoms with van der Waals surface area (Å²) < 4.78 is 1.51. The van der Waals surface area contributed by atoms with Crippen molar-refractivity contribution in [3.63, 3.8) is 0 Å². The lowest BCUT2D eigenvalue weighted by molar-refractivity contribution is -0.255. The Balaban J connectivity index is 2.16. The molecule has 0 spiro atoms. The average Bonchev–Trinajstić information content (AvgIpc) is 2.76. The lowest BCUT2D eigenvalue weighted by Gasteiger charge is -2.06. The number of carbonyl (C=O) groups excluding carboxylic acids is 2. The van der Waals surface area contributed by atoms with Crippen molar-refractivity contribution < 1.29 is 14.7 Å². The molecule has 18 heavy (non-hydrogen) atoms. The van der Waals surface area contributed by atoms with Crippen LogP contribution in [-0.2, 0) is 7.05 Å². The van der Waals surface area contributed by atoms with E-state index in [1.807, 2.05) is 0 Å². The van der Waals surface area contributed by atoms with Gasteiger partial charge in [-0.1, -0.05) is 12.1 Å². The Labute approximate surface area is 103 Å². The van der Waals surface area contributed by atoms with Gasteiger partial charge in [-0.05, 0) is 23.8 Å². The van der Waals surface area contributed by atoms with Crippen LogP contribution in [0.3, 0.4) is 0 Å². The van der Waals surface area contributed by atoms with E-state index < -0.39 is 11.9 Å². The van der Waals surface area contributed by atoms with Crippen molar-refractivity contribution in [1.29, 1.82) is 0 Å². The Morgan fingerprint density at radius 2 is 2.11 bits per heavy atom. The number of anilines is 1. The highest BCUT2D eigenvalue weighted by molar-refractivity contribution is 6.03. The van der Waals surface area contributed by atoms with Crippen molar-refractivity contribution in [3.8, 4) is 0 Å². The number of aromatic nitrogens is 2. The van der Waals surface area contributed by atoms with Crippen molar-refractivity contribution in [3.05, 3.63) is 47.8 Å². The molecule has 0 atom stereocenters. The molecule has 6 nitrogen and oxygen atoms in total. The van der Waals surface area contributed by atoms with Gasteiger partial charge < -0.3 is 15.2 Å². The summed E-state index contributed by atoms with van der Waals surface area (Å²) in [6.45, 7) is 0. The smallest absolute Gasteiger partial charge is 0.276 e. The van der Waals surface area contributed by atoms with E-state index in [0.717, 1.165) is 0 Å². The molecule has 0 unspecified atom stereocenters. The van der Waals surface area contributed by atoms with Gasteiger partial charge in [-0.2, -0.15) is 5.10 Å². The highest BCUT2D eigenvalue weighted by Crippen LogP contribution is 2.11. The summed E-state index contributed by atoms with van der Waals surface area (Å²) >= 11 is 0. The molecule has 0 radical (unpaired) electrons. The number of rotatable bonds is 3. The van der Waals surface area contributed by atoms with Crippen LogP contribution in [0.2, 0.25) is 0 Å². The van der Waals surface area contributed by atoms with Gasteiger partial charge in [0.1, 0.15) is 0 Å². The lowest BCUT2D eigenvalue weighted by Crippen LogP contribution is -2.22. The van der Waals surface area contributed by atoms with E-state index in [4.69, 9.17) is 0 Å². The minimum absolute atomic E-state index is 0.00817. The summed E-state index contributed by atoms with van der Waals surface area (Å²) in [4.78, 5) is 22.4. The van der Waals surface area contributed by atoms with Crippen LogP contribution >= 0.6 is 0 Å². The van der Waals surface area contributed by atoms with Crippen LogP contribution in [-0.4, -0.2) is 21.7 Å². The topological polar surface area (TPSA) is 87.0 Å². The van der Waals surface area contributed by atoms with Crippen LogP contribution < -0.4 is 10.4 Å². The summed E-state index contributed by atoms with van der Waals surface area (Å²) in [6, 6.07) is 7.41. The largest absolute Gasteiger partial charge is 0.545 e. The number of amides is 1. The predicted octanol–water partition coefficient (Wildman–Crippen LogP) is 0.0359. The van der Waals surface area contributed by atoms with Gasteiger partial charge in [0.15, 0.2) is 5.69 Å². The van der Waals surface area contributed by atoms with Gasteiger partial charge in [0.2, 0.25) is 0 Å². The molecule has 0 bridgehead atoms. The molecule has 1 heterocycles. The second-order valence-corrected chi connectivity index (χ2v) is 3.70. The number of carboxylic acid groups (broad SMARTS) is 1. The minimum atomic E-state index is -1.29. The first-order chi connectivity index (χ1) is 8.56. The minimum Gasteiger partial charge on any atom is -0.545 e. The number of aromatic carboxylic acids is 1. The van der Waals surface area contributed by atoms with E-state index in [1.54, 1.807) is 25.4 Å². The fraction of sp³-hybridized carbons (Fsp3) is 0.0833. The van der Waals surface area contributed by atoms with Gasteiger partial charge in [0.25, 0.3) is 5.91 Å². The molecule has 0 fully saturated rings. The van der Waals surface area contributed by atoms with Crippen molar-refractivity contribution in [2.75, 3.05) is 5.32 Å². The van der Waals surface area contributed by atoms with Crippen molar-refractivity contribution >= 4 is 17.6 Å². The van der Waals surface area contributed by atoms with Gasteiger partial charge in [-0.15, -0.1) is 0 Å². The van der Waals surface area contributed by atoms with Crippen LogP contribution in [0.15, 0.2) is 36.5 Å². The van der Waals surface area contributed by atoms with Crippen molar-refractivity contribution in [2.24, 2.45) is 7.05 Å². The molecule has 92 valence electrons. The molecule has 0 saturated carbocycles. The first-order valence-corrected chi connectivity index (χ1v) is 5.18. The molecule has 1 amide bonds. The summed E-state index contributed by atoms with van der Waals surface area (Å²) in [5.74, 6) is -1.69. The molecule has 0 saturated heterocycles. The third-order valence-corrected chi connectivity index (χ3v) is 2.30. The quantitative estimate of drug-likeness (QED) is 0.825. The maximum Gasteiger partial charge on any atom is 0.276 e. The fourth-order valence-electron chi connectivity index (χ4n) is 1.46. The zero-order chi connectivity index (χ0) is 13.1. The van der Waals surface area contributed by atoms with Gasteiger partial charge in [0, 0.05) is 18.9 Å². The van der Waals surface area contributed by atoms with Crippen molar-refractivity contribution in [2.45, 2.75) is 0 Å². The standard InChI is InChI=1S/C12H11N3O3/c1-15-6-5-10(14-15)11(16)13-9-4-2-3-8(7-9)12(17)18/h2-7H,1H3,(H,13,16)(H,17,18)/p-1. The lowest BCUT2D eigenvalue weighted by atomic mass is 10.2. The summed E-state index contributed by atoms with van der Waals surface area (Å²) in [5, 5.41) is 17.2. The van der Waals surface area contributed by atoms with Crippen molar-refractivity contribution in [1.82, 2.24) is 9.78 Å². The Morgan fingerprint density at radius 1 is 1.33 bits per heavy atom. The van der Waals surface area contributed by atoms with E-state index >= 15 is 0 Å². The number of carbonyl (C=O) groups is 2. The van der Waals surface area contributed by atoms with Gasteiger partial charge in [-0.3, -0.25) is 9.48 Å². The first-order valence-electron chi connectivity index (χ1n) is 5.18.